The van der Waals surface area contributed by atoms with Crippen molar-refractivity contribution in [1.29, 1.82) is 0 Å². The van der Waals surface area contributed by atoms with Gasteiger partial charge in [0, 0.05) is 18.9 Å². The molecule has 0 saturated heterocycles. The third kappa shape index (κ3) is 2.68. The average molecular weight is 246 g/mol. The van der Waals surface area contributed by atoms with Crippen molar-refractivity contribution in [3.05, 3.63) is 30.9 Å². The van der Waals surface area contributed by atoms with Crippen LogP contribution in [0.2, 0.25) is 0 Å². The minimum atomic E-state index is -0.239. The van der Waals surface area contributed by atoms with E-state index in [1.807, 2.05) is 26.1 Å². The Bertz CT molecular complexity index is 516. The molecular weight excluding hydrogens is 228 g/mol. The van der Waals surface area contributed by atoms with Crippen LogP contribution < -0.4 is 5.73 Å². The van der Waals surface area contributed by atoms with Gasteiger partial charge in [-0.25, -0.2) is 9.97 Å². The van der Waals surface area contributed by atoms with Crippen molar-refractivity contribution in [3.8, 4) is 11.3 Å². The van der Waals surface area contributed by atoms with Crippen LogP contribution in [-0.4, -0.2) is 27.2 Å². The number of rotatable bonds is 4. The highest BCUT2D eigenvalue weighted by molar-refractivity contribution is 5.59. The number of nitrogens with zero attached hydrogens (tertiary/aromatic N) is 3. The van der Waals surface area contributed by atoms with E-state index in [4.69, 9.17) is 10.5 Å². The van der Waals surface area contributed by atoms with Crippen LogP contribution in [0.4, 0.5) is 5.82 Å². The fraction of sp³-hybridized carbons (Fsp3) is 0.385. The summed E-state index contributed by atoms with van der Waals surface area (Å²) >= 11 is 0. The fourth-order valence-electron chi connectivity index (χ4n) is 1.72. The van der Waals surface area contributed by atoms with Gasteiger partial charge in [-0.05, 0) is 26.0 Å². The van der Waals surface area contributed by atoms with Gasteiger partial charge in [0.05, 0.1) is 30.4 Å². The molecule has 96 valence electrons. The van der Waals surface area contributed by atoms with Crippen molar-refractivity contribution in [1.82, 2.24) is 14.5 Å². The molecule has 5 nitrogen and oxygen atoms in total. The van der Waals surface area contributed by atoms with Gasteiger partial charge in [0.2, 0.25) is 0 Å². The van der Waals surface area contributed by atoms with Crippen LogP contribution in [-0.2, 0) is 11.3 Å². The predicted molar refractivity (Wildman–Crippen MR) is 71.0 cm³/mol. The Morgan fingerprint density at radius 3 is 2.72 bits per heavy atom. The predicted octanol–water partition coefficient (Wildman–Crippen LogP) is 1.95. The molecule has 0 aliphatic carbocycles. The first-order chi connectivity index (χ1) is 8.52. The summed E-state index contributed by atoms with van der Waals surface area (Å²) in [5, 5.41) is 0. The molecule has 0 fully saturated rings. The highest BCUT2D eigenvalue weighted by atomic mass is 16.5. The molecule has 0 aliphatic rings. The maximum Gasteiger partial charge on any atom is 0.123 e. The average Bonchev–Trinajstić information content (AvgIpc) is 2.77. The van der Waals surface area contributed by atoms with E-state index in [9.17, 15) is 0 Å². The lowest BCUT2D eigenvalue weighted by Gasteiger charge is -2.24. The molecule has 18 heavy (non-hydrogen) atoms. The molecule has 0 amide bonds. The van der Waals surface area contributed by atoms with Crippen LogP contribution in [0, 0.1) is 0 Å². The molecule has 0 radical (unpaired) electrons. The maximum atomic E-state index is 5.59. The van der Waals surface area contributed by atoms with Gasteiger partial charge in [-0.15, -0.1) is 0 Å². The molecule has 0 aromatic carbocycles. The molecule has 0 bridgehead atoms. The Morgan fingerprint density at radius 2 is 2.11 bits per heavy atom. The van der Waals surface area contributed by atoms with Crippen LogP contribution in [0.3, 0.4) is 0 Å². The zero-order valence-corrected chi connectivity index (χ0v) is 10.9. The van der Waals surface area contributed by atoms with E-state index in [0.29, 0.717) is 5.82 Å². The third-order valence-corrected chi connectivity index (χ3v) is 2.90. The maximum absolute atomic E-state index is 5.59. The summed E-state index contributed by atoms with van der Waals surface area (Å²) in [7, 11) is 1.71. The lowest BCUT2D eigenvalue weighted by molar-refractivity contribution is 0.00848. The summed E-state index contributed by atoms with van der Waals surface area (Å²) in [6.07, 6.45) is 5.37. The lowest BCUT2D eigenvalue weighted by atomic mass is 10.1. The number of nitrogens with two attached hydrogens (primary N) is 1. The smallest absolute Gasteiger partial charge is 0.123 e. The minimum absolute atomic E-state index is 0.239. The first-order valence-corrected chi connectivity index (χ1v) is 5.79. The summed E-state index contributed by atoms with van der Waals surface area (Å²) in [6, 6.07) is 3.73. The molecule has 2 aromatic heterocycles. The van der Waals surface area contributed by atoms with E-state index >= 15 is 0 Å². The third-order valence-electron chi connectivity index (χ3n) is 2.90. The fourth-order valence-corrected chi connectivity index (χ4v) is 1.72. The van der Waals surface area contributed by atoms with E-state index in [2.05, 4.69) is 14.5 Å². The highest BCUT2D eigenvalue weighted by Gasteiger charge is 2.19. The Morgan fingerprint density at radius 1 is 1.33 bits per heavy atom. The minimum Gasteiger partial charge on any atom is -0.384 e. The topological polar surface area (TPSA) is 66.0 Å². The number of anilines is 1. The molecule has 2 aromatic rings. The normalized spacial score (nSPS) is 11.7. The van der Waals surface area contributed by atoms with E-state index in [-0.39, 0.29) is 5.60 Å². The number of methoxy groups -OCH3 is 1. The van der Waals surface area contributed by atoms with Gasteiger partial charge >= 0.3 is 0 Å². The first-order valence-electron chi connectivity index (χ1n) is 5.79. The summed E-state index contributed by atoms with van der Waals surface area (Å²) in [5.41, 5.74) is 7.35. The molecule has 5 heteroatoms. The lowest BCUT2D eigenvalue weighted by Crippen LogP contribution is -2.29. The zero-order valence-electron chi connectivity index (χ0n) is 10.9. The number of hydrogen-bond donors (Lipinski definition) is 1. The zero-order chi connectivity index (χ0) is 13.2. The summed E-state index contributed by atoms with van der Waals surface area (Å²) in [5.74, 6) is 0.516. The van der Waals surface area contributed by atoms with E-state index in [1.165, 1.54) is 0 Å². The monoisotopic (exact) mass is 246 g/mol. The molecule has 2 N–H and O–H groups in total. The Hall–Kier alpha value is -1.88. The molecule has 0 spiro atoms. The van der Waals surface area contributed by atoms with E-state index in [0.717, 1.165) is 17.8 Å². The number of imidazole rings is 1. The number of pyridine rings is 1. The summed E-state index contributed by atoms with van der Waals surface area (Å²) < 4.78 is 7.49. The second kappa shape index (κ2) is 4.78. The van der Waals surface area contributed by atoms with Crippen molar-refractivity contribution in [2.45, 2.75) is 26.0 Å². The van der Waals surface area contributed by atoms with Gasteiger partial charge in [0.1, 0.15) is 5.82 Å². The second-order valence-corrected chi connectivity index (χ2v) is 4.84. The SMILES string of the molecule is COC(C)(C)Cn1cncc1-c1ccc(N)nc1. The quantitative estimate of drug-likeness (QED) is 0.895. The second-order valence-electron chi connectivity index (χ2n) is 4.84. The highest BCUT2D eigenvalue weighted by Crippen LogP contribution is 2.21. The van der Waals surface area contributed by atoms with Crippen LogP contribution >= 0.6 is 0 Å². The van der Waals surface area contributed by atoms with Crippen LogP contribution in [0.25, 0.3) is 11.3 Å². The van der Waals surface area contributed by atoms with Crippen molar-refractivity contribution < 1.29 is 4.74 Å². The van der Waals surface area contributed by atoms with E-state index in [1.54, 1.807) is 25.7 Å². The number of nitrogen functional groups attached to an aromatic ring is 1. The van der Waals surface area contributed by atoms with Crippen molar-refractivity contribution in [2.24, 2.45) is 0 Å². The van der Waals surface area contributed by atoms with Gasteiger partial charge in [-0.3, -0.25) is 0 Å². The molecule has 0 saturated carbocycles. The van der Waals surface area contributed by atoms with Gasteiger partial charge in [0.15, 0.2) is 0 Å². The van der Waals surface area contributed by atoms with Crippen LogP contribution in [0.5, 0.6) is 0 Å². The van der Waals surface area contributed by atoms with Gasteiger partial charge in [0.25, 0.3) is 0 Å². The molecule has 2 heterocycles. The standard InChI is InChI=1S/C13H18N4O/c1-13(2,18-3)8-17-9-15-7-11(17)10-4-5-12(14)16-6-10/h4-7,9H,8H2,1-3H3,(H2,14,16). The summed E-state index contributed by atoms with van der Waals surface area (Å²) in [4.78, 5) is 8.29. The largest absolute Gasteiger partial charge is 0.384 e. The van der Waals surface area contributed by atoms with Gasteiger partial charge in [-0.1, -0.05) is 0 Å². The van der Waals surface area contributed by atoms with Crippen molar-refractivity contribution in [3.63, 3.8) is 0 Å². The molecule has 2 rings (SSSR count). The number of aromatic nitrogens is 3. The number of hydrogen-bond acceptors (Lipinski definition) is 4. The molecule has 0 atom stereocenters. The Balaban J connectivity index is 2.30. The van der Waals surface area contributed by atoms with Gasteiger partial charge < -0.3 is 15.0 Å². The molecule has 0 unspecified atom stereocenters. The number of ether oxygens (including phenoxy) is 1. The van der Waals surface area contributed by atoms with E-state index < -0.39 is 0 Å². The summed E-state index contributed by atoms with van der Waals surface area (Å²) in [6.45, 7) is 4.80. The Kier molecular flexibility index (Phi) is 3.34. The van der Waals surface area contributed by atoms with Crippen LogP contribution in [0.1, 0.15) is 13.8 Å². The molecular formula is C13H18N4O. The van der Waals surface area contributed by atoms with Crippen LogP contribution in [0.15, 0.2) is 30.9 Å². The molecule has 0 aliphatic heterocycles. The van der Waals surface area contributed by atoms with Crippen molar-refractivity contribution in [2.75, 3.05) is 12.8 Å². The Labute approximate surface area is 107 Å². The van der Waals surface area contributed by atoms with Crippen molar-refractivity contribution >= 4 is 5.82 Å². The first kappa shape index (κ1) is 12.6. The van der Waals surface area contributed by atoms with Gasteiger partial charge in [-0.2, -0.15) is 0 Å².